The van der Waals surface area contributed by atoms with Gasteiger partial charge in [0.15, 0.2) is 5.65 Å². The molecular formula is C25H25FN6O. The van der Waals surface area contributed by atoms with Crippen molar-refractivity contribution in [3.05, 3.63) is 77.5 Å². The van der Waals surface area contributed by atoms with Crippen LogP contribution >= 0.6 is 0 Å². The number of carbonyl (C=O) groups excluding carboxylic acids is 1. The molecule has 1 fully saturated rings. The molecule has 0 saturated carbocycles. The van der Waals surface area contributed by atoms with E-state index < -0.39 is 5.82 Å². The van der Waals surface area contributed by atoms with Crippen LogP contribution in [0.3, 0.4) is 0 Å². The summed E-state index contributed by atoms with van der Waals surface area (Å²) in [4.78, 5) is 26.3. The molecular weight excluding hydrogens is 419 g/mol. The van der Waals surface area contributed by atoms with Gasteiger partial charge in [-0.05, 0) is 37.3 Å². The number of anilines is 1. The number of piperazine rings is 1. The van der Waals surface area contributed by atoms with Gasteiger partial charge in [-0.15, -0.1) is 0 Å². The second-order valence-corrected chi connectivity index (χ2v) is 8.24. The van der Waals surface area contributed by atoms with Gasteiger partial charge in [-0.2, -0.15) is 5.10 Å². The fraction of sp³-hybridized carbons (Fsp3) is 0.280. The van der Waals surface area contributed by atoms with Gasteiger partial charge in [0.2, 0.25) is 0 Å². The largest absolute Gasteiger partial charge is 0.352 e. The number of nitrogens with zero attached hydrogens (tertiary/aromatic N) is 6. The predicted molar refractivity (Wildman–Crippen MR) is 125 cm³/mol. The fourth-order valence-electron chi connectivity index (χ4n) is 4.14. The van der Waals surface area contributed by atoms with E-state index in [0.717, 1.165) is 28.4 Å². The van der Waals surface area contributed by atoms with Gasteiger partial charge >= 0.3 is 0 Å². The van der Waals surface area contributed by atoms with Crippen LogP contribution < -0.4 is 4.90 Å². The Kier molecular flexibility index (Phi) is 5.50. The van der Waals surface area contributed by atoms with Gasteiger partial charge in [-0.1, -0.05) is 30.7 Å². The summed E-state index contributed by atoms with van der Waals surface area (Å²) >= 11 is 0. The number of halogens is 1. The Hall–Kier alpha value is -3.81. The summed E-state index contributed by atoms with van der Waals surface area (Å²) < 4.78 is 15.4. The molecule has 0 bridgehead atoms. The molecule has 7 nitrogen and oxygen atoms in total. The van der Waals surface area contributed by atoms with E-state index in [-0.39, 0.29) is 5.91 Å². The van der Waals surface area contributed by atoms with Crippen molar-refractivity contribution in [3.8, 4) is 5.69 Å². The lowest BCUT2D eigenvalue weighted by atomic mass is 10.1. The number of carbonyl (C=O) groups is 1. The van der Waals surface area contributed by atoms with Crippen LogP contribution in [0.4, 0.5) is 10.2 Å². The van der Waals surface area contributed by atoms with Gasteiger partial charge in [-0.25, -0.2) is 19.0 Å². The Bertz CT molecular complexity index is 1310. The molecule has 1 aliphatic rings. The number of benzene rings is 2. The van der Waals surface area contributed by atoms with E-state index in [2.05, 4.69) is 29.1 Å². The lowest BCUT2D eigenvalue weighted by Gasteiger charge is -2.35. The molecule has 4 aromatic rings. The minimum atomic E-state index is -0.402. The summed E-state index contributed by atoms with van der Waals surface area (Å²) in [6.07, 6.45) is 2.52. The molecule has 0 atom stereocenters. The first kappa shape index (κ1) is 21.1. The zero-order chi connectivity index (χ0) is 22.9. The van der Waals surface area contributed by atoms with Crippen molar-refractivity contribution in [2.45, 2.75) is 20.3 Å². The minimum absolute atomic E-state index is 0.150. The van der Waals surface area contributed by atoms with E-state index in [0.29, 0.717) is 38.2 Å². The number of fused-ring (bicyclic) bond motifs is 1. The zero-order valence-electron chi connectivity index (χ0n) is 18.7. The average molecular weight is 445 g/mol. The smallest absolute Gasteiger partial charge is 0.254 e. The van der Waals surface area contributed by atoms with E-state index in [4.69, 9.17) is 9.97 Å². The average Bonchev–Trinajstić information content (AvgIpc) is 3.27. The third-order valence-corrected chi connectivity index (χ3v) is 5.99. The van der Waals surface area contributed by atoms with Crippen molar-refractivity contribution in [2.24, 2.45) is 0 Å². The van der Waals surface area contributed by atoms with Gasteiger partial charge in [0.25, 0.3) is 5.91 Å². The van der Waals surface area contributed by atoms with Crippen LogP contribution in [0.2, 0.25) is 0 Å². The van der Waals surface area contributed by atoms with Gasteiger partial charge in [-0.3, -0.25) is 4.79 Å². The molecule has 168 valence electrons. The fourth-order valence-corrected chi connectivity index (χ4v) is 4.14. The highest BCUT2D eigenvalue weighted by atomic mass is 19.1. The van der Waals surface area contributed by atoms with E-state index in [1.807, 2.05) is 29.9 Å². The van der Waals surface area contributed by atoms with E-state index in [1.54, 1.807) is 17.0 Å². The normalized spacial score (nSPS) is 14.2. The van der Waals surface area contributed by atoms with Crippen LogP contribution in [0, 0.1) is 12.7 Å². The van der Waals surface area contributed by atoms with Gasteiger partial charge in [0.05, 0.1) is 17.3 Å². The van der Waals surface area contributed by atoms with Crippen molar-refractivity contribution in [3.63, 3.8) is 0 Å². The van der Waals surface area contributed by atoms with Gasteiger partial charge in [0.1, 0.15) is 17.5 Å². The highest BCUT2D eigenvalue weighted by molar-refractivity contribution is 5.94. The summed E-state index contributed by atoms with van der Waals surface area (Å²) in [5.74, 6) is 1.04. The lowest BCUT2D eigenvalue weighted by molar-refractivity contribution is 0.0746. The molecule has 5 rings (SSSR count). The lowest BCUT2D eigenvalue weighted by Crippen LogP contribution is -2.49. The van der Waals surface area contributed by atoms with Crippen molar-refractivity contribution in [1.29, 1.82) is 0 Å². The molecule has 0 aliphatic carbocycles. The van der Waals surface area contributed by atoms with Crippen LogP contribution in [-0.2, 0) is 6.42 Å². The van der Waals surface area contributed by atoms with E-state index in [1.165, 1.54) is 17.7 Å². The number of aromatic nitrogens is 4. The zero-order valence-corrected chi connectivity index (χ0v) is 18.7. The molecule has 1 saturated heterocycles. The third-order valence-electron chi connectivity index (χ3n) is 5.99. The van der Waals surface area contributed by atoms with Crippen LogP contribution in [0.1, 0.15) is 28.7 Å². The molecule has 0 unspecified atom stereocenters. The number of hydrogen-bond acceptors (Lipinski definition) is 5. The molecule has 0 N–H and O–H groups in total. The Morgan fingerprint density at radius 1 is 1.03 bits per heavy atom. The summed E-state index contributed by atoms with van der Waals surface area (Å²) in [5.41, 5.74) is 3.29. The standard InChI is InChI=1S/C25H25FN6O/c1-3-22-28-23(21-16-27-32(24(21)29-22)20-9-7-17(2)8-10-20)30-11-13-31(14-12-30)25(33)18-5-4-6-19(26)15-18/h4-10,15-16H,3,11-14H2,1-2H3. The molecule has 1 amide bonds. The first-order valence-electron chi connectivity index (χ1n) is 11.1. The maximum absolute atomic E-state index is 13.5. The van der Waals surface area contributed by atoms with Crippen LogP contribution in [-0.4, -0.2) is 56.7 Å². The van der Waals surface area contributed by atoms with Gasteiger partial charge in [0, 0.05) is 38.2 Å². The number of rotatable bonds is 4. The Morgan fingerprint density at radius 3 is 2.48 bits per heavy atom. The summed E-state index contributed by atoms with van der Waals surface area (Å²) in [5, 5.41) is 5.49. The van der Waals surface area contributed by atoms with E-state index >= 15 is 0 Å². The summed E-state index contributed by atoms with van der Waals surface area (Å²) in [6.45, 7) is 6.42. The van der Waals surface area contributed by atoms with Crippen molar-refractivity contribution >= 4 is 22.8 Å². The Morgan fingerprint density at radius 2 is 1.79 bits per heavy atom. The van der Waals surface area contributed by atoms with Crippen molar-refractivity contribution < 1.29 is 9.18 Å². The summed E-state index contributed by atoms with van der Waals surface area (Å²) in [6, 6.07) is 14.0. The molecule has 1 aliphatic heterocycles. The molecule has 3 heterocycles. The second-order valence-electron chi connectivity index (χ2n) is 8.24. The number of hydrogen-bond donors (Lipinski definition) is 0. The molecule has 2 aromatic heterocycles. The molecule has 8 heteroatoms. The maximum atomic E-state index is 13.5. The topological polar surface area (TPSA) is 67.2 Å². The predicted octanol–water partition coefficient (Wildman–Crippen LogP) is 3.79. The second kappa shape index (κ2) is 8.61. The van der Waals surface area contributed by atoms with Crippen LogP contribution in [0.15, 0.2) is 54.7 Å². The molecule has 0 spiro atoms. The summed E-state index contributed by atoms with van der Waals surface area (Å²) in [7, 11) is 0. The maximum Gasteiger partial charge on any atom is 0.254 e. The third kappa shape index (κ3) is 4.04. The van der Waals surface area contributed by atoms with Crippen molar-refractivity contribution in [1.82, 2.24) is 24.6 Å². The molecule has 2 aromatic carbocycles. The molecule has 0 radical (unpaired) electrons. The van der Waals surface area contributed by atoms with Crippen LogP contribution in [0.5, 0.6) is 0 Å². The highest BCUT2D eigenvalue weighted by Crippen LogP contribution is 2.27. The first-order valence-corrected chi connectivity index (χ1v) is 11.1. The first-order chi connectivity index (χ1) is 16.0. The molecule has 33 heavy (non-hydrogen) atoms. The highest BCUT2D eigenvalue weighted by Gasteiger charge is 2.25. The van der Waals surface area contributed by atoms with Crippen molar-refractivity contribution in [2.75, 3.05) is 31.1 Å². The van der Waals surface area contributed by atoms with E-state index in [9.17, 15) is 9.18 Å². The van der Waals surface area contributed by atoms with Gasteiger partial charge < -0.3 is 9.80 Å². The number of amides is 1. The minimum Gasteiger partial charge on any atom is -0.352 e. The Labute approximate surface area is 191 Å². The van der Waals surface area contributed by atoms with Crippen LogP contribution in [0.25, 0.3) is 16.7 Å². The monoisotopic (exact) mass is 444 g/mol. The Balaban J connectivity index is 1.42. The quantitative estimate of drug-likeness (QED) is 0.479. The SMILES string of the molecule is CCc1nc(N2CCN(C(=O)c3cccc(F)c3)CC2)c2cnn(-c3ccc(C)cc3)c2n1. The number of aryl methyl sites for hydroxylation is 2.